The largest absolute Gasteiger partial charge is 0.469 e. The van der Waals surface area contributed by atoms with Gasteiger partial charge in [-0.05, 0) is 24.6 Å². The lowest BCUT2D eigenvalue weighted by Crippen LogP contribution is -2.28. The third-order valence-corrected chi connectivity index (χ3v) is 3.14. The van der Waals surface area contributed by atoms with Gasteiger partial charge < -0.3 is 9.64 Å². The van der Waals surface area contributed by atoms with Crippen LogP contribution in [0.25, 0.3) is 10.9 Å². The summed E-state index contributed by atoms with van der Waals surface area (Å²) in [7, 11) is 3.08. The molecular formula is C14H17N3O3. The highest BCUT2D eigenvalue weighted by Crippen LogP contribution is 2.14. The zero-order valence-electron chi connectivity index (χ0n) is 11.5. The van der Waals surface area contributed by atoms with Crippen molar-refractivity contribution in [3.63, 3.8) is 0 Å². The average Bonchev–Trinajstić information content (AvgIpc) is 2.93. The van der Waals surface area contributed by atoms with E-state index < -0.39 is 0 Å². The normalized spacial score (nSPS) is 10.5. The van der Waals surface area contributed by atoms with E-state index in [4.69, 9.17) is 0 Å². The molecule has 0 atom stereocenters. The first-order valence-corrected chi connectivity index (χ1v) is 6.37. The van der Waals surface area contributed by atoms with Crippen LogP contribution in [0, 0.1) is 0 Å². The first kappa shape index (κ1) is 14.0. The smallest absolute Gasteiger partial charge is 0.305 e. The van der Waals surface area contributed by atoms with Crippen LogP contribution in [0.3, 0.4) is 0 Å². The number of benzene rings is 1. The van der Waals surface area contributed by atoms with Gasteiger partial charge in [0.2, 0.25) is 0 Å². The molecule has 1 aromatic heterocycles. The third-order valence-electron chi connectivity index (χ3n) is 3.14. The molecule has 0 aliphatic rings. The minimum Gasteiger partial charge on any atom is -0.469 e. The van der Waals surface area contributed by atoms with Crippen LogP contribution in [0.4, 0.5) is 0 Å². The van der Waals surface area contributed by atoms with Crippen LogP contribution in [0.5, 0.6) is 0 Å². The molecule has 6 nitrogen and oxygen atoms in total. The van der Waals surface area contributed by atoms with Gasteiger partial charge in [-0.25, -0.2) is 0 Å². The number of amides is 1. The minimum atomic E-state index is -0.259. The third kappa shape index (κ3) is 3.14. The molecule has 6 heteroatoms. The monoisotopic (exact) mass is 275 g/mol. The van der Waals surface area contributed by atoms with Crippen LogP contribution >= 0.6 is 0 Å². The average molecular weight is 275 g/mol. The Morgan fingerprint density at radius 2 is 2.20 bits per heavy atom. The Labute approximate surface area is 116 Å². The molecule has 1 heterocycles. The van der Waals surface area contributed by atoms with Crippen molar-refractivity contribution in [2.75, 3.05) is 20.7 Å². The Kier molecular flexibility index (Phi) is 4.34. The topological polar surface area (TPSA) is 75.3 Å². The Morgan fingerprint density at radius 1 is 1.40 bits per heavy atom. The van der Waals surface area contributed by atoms with Crippen LogP contribution in [0.2, 0.25) is 0 Å². The highest BCUT2D eigenvalue weighted by molar-refractivity contribution is 5.97. The predicted octanol–water partition coefficient (Wildman–Crippen LogP) is 1.59. The Hall–Kier alpha value is -2.37. The molecule has 0 fully saturated rings. The van der Waals surface area contributed by atoms with Crippen LogP contribution in [0.15, 0.2) is 24.4 Å². The summed E-state index contributed by atoms with van der Waals surface area (Å²) in [5.41, 5.74) is 1.51. The van der Waals surface area contributed by atoms with Gasteiger partial charge in [0.15, 0.2) is 0 Å². The molecule has 0 saturated carbocycles. The summed E-state index contributed by atoms with van der Waals surface area (Å²) in [6.45, 7) is 0.511. The number of carbonyl (C=O) groups is 2. The van der Waals surface area contributed by atoms with Crippen LogP contribution in [0.1, 0.15) is 23.2 Å². The lowest BCUT2D eigenvalue weighted by Gasteiger charge is -2.16. The Bertz CT molecular complexity index is 621. The van der Waals surface area contributed by atoms with Gasteiger partial charge in [-0.1, -0.05) is 0 Å². The van der Waals surface area contributed by atoms with E-state index in [1.807, 2.05) is 6.07 Å². The number of ether oxygens (including phenoxy) is 1. The van der Waals surface area contributed by atoms with E-state index >= 15 is 0 Å². The molecule has 0 aliphatic carbocycles. The van der Waals surface area contributed by atoms with Gasteiger partial charge in [-0.15, -0.1) is 0 Å². The standard InChI is InChI=1S/C14H17N3O3/c1-17(7-3-4-13(18)20-2)14(19)10-5-6-12-11(8-10)9-15-16-12/h5-6,8-9H,3-4,7H2,1-2H3,(H,15,16). The molecule has 0 unspecified atom stereocenters. The highest BCUT2D eigenvalue weighted by atomic mass is 16.5. The molecule has 0 aliphatic heterocycles. The van der Waals surface area contributed by atoms with E-state index in [1.165, 1.54) is 7.11 Å². The molecule has 1 N–H and O–H groups in total. The van der Waals surface area contributed by atoms with Gasteiger partial charge in [-0.2, -0.15) is 5.10 Å². The SMILES string of the molecule is COC(=O)CCCN(C)C(=O)c1ccc2[nH]ncc2c1. The van der Waals surface area contributed by atoms with Gasteiger partial charge in [0.05, 0.1) is 18.8 Å². The molecule has 106 valence electrons. The van der Waals surface area contributed by atoms with Crippen molar-refractivity contribution in [1.29, 1.82) is 0 Å². The number of methoxy groups -OCH3 is 1. The molecule has 1 aromatic carbocycles. The number of carbonyl (C=O) groups excluding carboxylic acids is 2. The quantitative estimate of drug-likeness (QED) is 0.841. The summed E-state index contributed by atoms with van der Waals surface area (Å²) < 4.78 is 4.56. The van der Waals surface area contributed by atoms with Gasteiger partial charge in [0.25, 0.3) is 5.91 Å². The van der Waals surface area contributed by atoms with Gasteiger partial charge >= 0.3 is 5.97 Å². The first-order chi connectivity index (χ1) is 9.61. The second-order valence-corrected chi connectivity index (χ2v) is 4.58. The number of nitrogens with zero attached hydrogens (tertiary/aromatic N) is 2. The summed E-state index contributed by atoms with van der Waals surface area (Å²) in [6, 6.07) is 5.40. The van der Waals surface area contributed by atoms with Crippen molar-refractivity contribution in [2.24, 2.45) is 0 Å². The summed E-state index contributed by atoms with van der Waals surface area (Å²) >= 11 is 0. The molecule has 0 spiro atoms. The summed E-state index contributed by atoms with van der Waals surface area (Å²) in [5.74, 6) is -0.330. The van der Waals surface area contributed by atoms with Crippen molar-refractivity contribution in [2.45, 2.75) is 12.8 Å². The fraction of sp³-hybridized carbons (Fsp3) is 0.357. The number of aromatic nitrogens is 2. The maximum atomic E-state index is 12.2. The number of H-pyrrole nitrogens is 1. The molecular weight excluding hydrogens is 258 g/mol. The molecule has 2 aromatic rings. The van der Waals surface area contributed by atoms with Crippen molar-refractivity contribution in [1.82, 2.24) is 15.1 Å². The molecule has 0 radical (unpaired) electrons. The maximum Gasteiger partial charge on any atom is 0.305 e. The summed E-state index contributed by atoms with van der Waals surface area (Å²) in [6.07, 6.45) is 2.58. The van der Waals surface area contributed by atoms with Gasteiger partial charge in [0.1, 0.15) is 0 Å². The van der Waals surface area contributed by atoms with E-state index in [9.17, 15) is 9.59 Å². The number of rotatable bonds is 5. The number of nitrogens with one attached hydrogen (secondary N) is 1. The number of hydrogen-bond donors (Lipinski definition) is 1. The number of fused-ring (bicyclic) bond motifs is 1. The van der Waals surface area contributed by atoms with E-state index in [2.05, 4.69) is 14.9 Å². The van der Waals surface area contributed by atoms with Crippen molar-refractivity contribution in [3.05, 3.63) is 30.0 Å². The number of hydrogen-bond acceptors (Lipinski definition) is 4. The summed E-state index contributed by atoms with van der Waals surface area (Å²) in [5, 5.41) is 7.67. The van der Waals surface area contributed by atoms with Gasteiger partial charge in [-0.3, -0.25) is 14.7 Å². The zero-order valence-corrected chi connectivity index (χ0v) is 11.5. The van der Waals surface area contributed by atoms with Crippen LogP contribution in [-0.2, 0) is 9.53 Å². The highest BCUT2D eigenvalue weighted by Gasteiger charge is 2.13. The maximum absolute atomic E-state index is 12.2. The van der Waals surface area contributed by atoms with E-state index in [-0.39, 0.29) is 11.9 Å². The predicted molar refractivity (Wildman–Crippen MR) is 74.3 cm³/mol. The van der Waals surface area contributed by atoms with E-state index in [1.54, 1.807) is 30.3 Å². The molecule has 0 saturated heterocycles. The second kappa shape index (κ2) is 6.18. The summed E-state index contributed by atoms with van der Waals surface area (Å²) in [4.78, 5) is 24.8. The molecule has 20 heavy (non-hydrogen) atoms. The molecule has 1 amide bonds. The second-order valence-electron chi connectivity index (χ2n) is 4.58. The first-order valence-electron chi connectivity index (χ1n) is 6.37. The van der Waals surface area contributed by atoms with E-state index in [0.29, 0.717) is 24.9 Å². The lowest BCUT2D eigenvalue weighted by atomic mass is 10.1. The van der Waals surface area contributed by atoms with Gasteiger partial charge in [0, 0.05) is 31.0 Å². The van der Waals surface area contributed by atoms with Crippen LogP contribution in [-0.4, -0.2) is 47.7 Å². The number of aromatic amines is 1. The Morgan fingerprint density at radius 3 is 2.95 bits per heavy atom. The van der Waals surface area contributed by atoms with E-state index in [0.717, 1.165) is 10.9 Å². The Balaban J connectivity index is 1.97. The zero-order chi connectivity index (χ0) is 14.5. The van der Waals surface area contributed by atoms with Crippen molar-refractivity contribution in [3.8, 4) is 0 Å². The minimum absolute atomic E-state index is 0.0713. The number of esters is 1. The lowest BCUT2D eigenvalue weighted by molar-refractivity contribution is -0.140. The van der Waals surface area contributed by atoms with Crippen LogP contribution < -0.4 is 0 Å². The fourth-order valence-corrected chi connectivity index (χ4v) is 1.96. The van der Waals surface area contributed by atoms with Crippen molar-refractivity contribution >= 4 is 22.8 Å². The molecule has 2 rings (SSSR count). The van der Waals surface area contributed by atoms with Crippen molar-refractivity contribution < 1.29 is 14.3 Å². The fourth-order valence-electron chi connectivity index (χ4n) is 1.96. The molecule has 0 bridgehead atoms.